The molecule has 0 bridgehead atoms. The lowest BCUT2D eigenvalue weighted by Crippen LogP contribution is -2.57. The lowest BCUT2D eigenvalue weighted by Gasteiger charge is -2.37. The summed E-state index contributed by atoms with van der Waals surface area (Å²) in [6, 6.07) is -0.602. The van der Waals surface area contributed by atoms with E-state index in [0.29, 0.717) is 6.29 Å². The highest BCUT2D eigenvalue weighted by molar-refractivity contribution is 5.71. The van der Waals surface area contributed by atoms with E-state index in [2.05, 4.69) is 0 Å². The number of aldehydes is 1. The average Bonchev–Trinajstić information content (AvgIpc) is 2.98. The molecule has 0 aromatic rings. The van der Waals surface area contributed by atoms with Crippen LogP contribution in [0.25, 0.3) is 0 Å². The zero-order valence-electron chi connectivity index (χ0n) is 17.8. The predicted octanol–water partition coefficient (Wildman–Crippen LogP) is 2.01. The maximum Gasteiger partial charge on any atom is 0.412 e. The van der Waals surface area contributed by atoms with Crippen molar-refractivity contribution in [1.82, 2.24) is 4.90 Å². The molecular formula is C19H31NO8. The van der Waals surface area contributed by atoms with E-state index in [0.717, 1.165) is 0 Å². The number of hydrogen-bond acceptors (Lipinski definition) is 8. The van der Waals surface area contributed by atoms with E-state index in [4.69, 9.17) is 23.7 Å². The van der Waals surface area contributed by atoms with Crippen LogP contribution >= 0.6 is 0 Å². The van der Waals surface area contributed by atoms with Gasteiger partial charge in [-0.05, 0) is 48.5 Å². The summed E-state index contributed by atoms with van der Waals surface area (Å²) in [7, 11) is 0. The van der Waals surface area contributed by atoms with E-state index in [-0.39, 0.29) is 6.61 Å². The summed E-state index contributed by atoms with van der Waals surface area (Å²) >= 11 is 0. The zero-order chi connectivity index (χ0) is 21.5. The lowest BCUT2D eigenvalue weighted by atomic mass is 10.0. The summed E-state index contributed by atoms with van der Waals surface area (Å²) in [6.45, 7) is 13.5. The molecule has 0 aliphatic carbocycles. The molecule has 2 aliphatic rings. The molecule has 0 N–H and O–H groups in total. The highest BCUT2D eigenvalue weighted by atomic mass is 16.8. The van der Waals surface area contributed by atoms with E-state index < -0.39 is 53.5 Å². The fraction of sp³-hybridized carbons (Fsp3) is 0.842. The molecule has 2 aliphatic heterocycles. The fourth-order valence-corrected chi connectivity index (χ4v) is 3.47. The molecule has 9 heteroatoms. The van der Waals surface area contributed by atoms with E-state index >= 15 is 0 Å². The van der Waals surface area contributed by atoms with Crippen LogP contribution in [0, 0.1) is 0 Å². The Morgan fingerprint density at radius 2 is 1.79 bits per heavy atom. The number of esters is 1. The van der Waals surface area contributed by atoms with Gasteiger partial charge in [-0.25, -0.2) is 4.79 Å². The first-order valence-electron chi connectivity index (χ1n) is 9.31. The second kappa shape index (κ2) is 7.61. The van der Waals surface area contributed by atoms with Crippen LogP contribution in [0.4, 0.5) is 4.79 Å². The largest absolute Gasteiger partial charge is 0.452 e. The van der Waals surface area contributed by atoms with Crippen molar-refractivity contribution >= 4 is 18.3 Å². The Morgan fingerprint density at radius 1 is 1.18 bits per heavy atom. The summed E-state index contributed by atoms with van der Waals surface area (Å²) < 4.78 is 28.3. The Hall–Kier alpha value is -1.71. The fourth-order valence-electron chi connectivity index (χ4n) is 3.47. The molecule has 0 aromatic heterocycles. The second-order valence-electron chi connectivity index (χ2n) is 8.95. The molecule has 28 heavy (non-hydrogen) atoms. The van der Waals surface area contributed by atoms with E-state index in [9.17, 15) is 14.4 Å². The van der Waals surface area contributed by atoms with Crippen LogP contribution in [0.5, 0.6) is 0 Å². The first kappa shape index (κ1) is 22.6. The van der Waals surface area contributed by atoms with Gasteiger partial charge in [0.1, 0.15) is 23.5 Å². The lowest BCUT2D eigenvalue weighted by molar-refractivity contribution is -0.170. The van der Waals surface area contributed by atoms with Crippen LogP contribution < -0.4 is 0 Å². The van der Waals surface area contributed by atoms with Gasteiger partial charge in [0.05, 0.1) is 12.6 Å². The molecule has 4 atom stereocenters. The molecule has 1 amide bonds. The predicted molar refractivity (Wildman–Crippen MR) is 97.3 cm³/mol. The van der Waals surface area contributed by atoms with Crippen molar-refractivity contribution in [2.24, 2.45) is 0 Å². The van der Waals surface area contributed by atoms with Crippen LogP contribution in [-0.4, -0.2) is 71.3 Å². The Balaban J connectivity index is 2.35. The number of ether oxygens (including phenoxy) is 5. The highest BCUT2D eigenvalue weighted by Gasteiger charge is 2.57. The highest BCUT2D eigenvalue weighted by Crippen LogP contribution is 2.39. The number of nitrogens with zero attached hydrogens (tertiary/aromatic N) is 1. The van der Waals surface area contributed by atoms with Gasteiger partial charge in [-0.15, -0.1) is 0 Å². The molecule has 9 nitrogen and oxygen atoms in total. The molecule has 2 fully saturated rings. The van der Waals surface area contributed by atoms with E-state index in [1.807, 2.05) is 0 Å². The van der Waals surface area contributed by atoms with Gasteiger partial charge < -0.3 is 23.7 Å². The SMILES string of the molecule is CC(=O)O[C@@H](C=O)[C@@H]1OC(C)(C)O[C@H]1[C@@H]1COC(C)(C)N1C(=O)OC(C)(C)C. The minimum absolute atomic E-state index is 0.151. The third-order valence-electron chi connectivity index (χ3n) is 4.41. The maximum absolute atomic E-state index is 12.9. The molecule has 0 aromatic carbocycles. The first-order valence-corrected chi connectivity index (χ1v) is 9.31. The molecular weight excluding hydrogens is 370 g/mol. The monoisotopic (exact) mass is 401 g/mol. The summed E-state index contributed by atoms with van der Waals surface area (Å²) in [6.07, 6.45) is -2.90. The maximum atomic E-state index is 12.9. The number of rotatable bonds is 4. The van der Waals surface area contributed by atoms with Gasteiger partial charge in [-0.3, -0.25) is 14.5 Å². The quantitative estimate of drug-likeness (QED) is 0.521. The van der Waals surface area contributed by atoms with Crippen molar-refractivity contribution in [2.45, 2.75) is 96.9 Å². The van der Waals surface area contributed by atoms with Gasteiger partial charge in [0, 0.05) is 6.92 Å². The van der Waals surface area contributed by atoms with Crippen LogP contribution in [0.15, 0.2) is 0 Å². The van der Waals surface area contributed by atoms with Crippen molar-refractivity contribution in [1.29, 1.82) is 0 Å². The number of carbonyl (C=O) groups excluding carboxylic acids is 3. The van der Waals surface area contributed by atoms with E-state index in [1.165, 1.54) is 11.8 Å². The van der Waals surface area contributed by atoms with Gasteiger partial charge in [0.2, 0.25) is 0 Å². The molecule has 0 unspecified atom stereocenters. The van der Waals surface area contributed by atoms with Crippen LogP contribution in [0.3, 0.4) is 0 Å². The standard InChI is InChI=1S/C19H31NO8/c1-11(22)25-13(9-21)15-14(26-19(7,8)27-15)12-10-24-18(5,6)20(12)16(23)28-17(2,3)4/h9,12-15H,10H2,1-8H3/t12-,13-,14-,15-/m0/s1. The van der Waals surface area contributed by atoms with Gasteiger partial charge in [-0.1, -0.05) is 0 Å². The van der Waals surface area contributed by atoms with Crippen molar-refractivity contribution in [3.8, 4) is 0 Å². The molecule has 160 valence electrons. The minimum Gasteiger partial charge on any atom is -0.452 e. The summed E-state index contributed by atoms with van der Waals surface area (Å²) in [4.78, 5) is 37.3. The average molecular weight is 401 g/mol. The van der Waals surface area contributed by atoms with Gasteiger partial charge >= 0.3 is 12.1 Å². The third-order valence-corrected chi connectivity index (χ3v) is 4.41. The second-order valence-corrected chi connectivity index (χ2v) is 8.95. The Labute approximate surface area is 165 Å². The normalized spacial score (nSPS) is 30.0. The summed E-state index contributed by atoms with van der Waals surface area (Å²) in [5.74, 6) is -1.65. The topological polar surface area (TPSA) is 101 Å². The Kier molecular flexibility index (Phi) is 6.13. The van der Waals surface area contributed by atoms with Crippen LogP contribution in [-0.2, 0) is 33.3 Å². The number of carbonyl (C=O) groups is 3. The van der Waals surface area contributed by atoms with Crippen molar-refractivity contribution < 1.29 is 38.1 Å². The van der Waals surface area contributed by atoms with E-state index in [1.54, 1.807) is 48.5 Å². The smallest absolute Gasteiger partial charge is 0.412 e. The molecule has 2 heterocycles. The molecule has 0 spiro atoms. The van der Waals surface area contributed by atoms with Gasteiger partial charge in [-0.2, -0.15) is 0 Å². The van der Waals surface area contributed by atoms with Gasteiger partial charge in [0.25, 0.3) is 0 Å². The van der Waals surface area contributed by atoms with Crippen molar-refractivity contribution in [2.75, 3.05) is 6.61 Å². The van der Waals surface area contributed by atoms with Gasteiger partial charge in [0.15, 0.2) is 18.2 Å². The minimum atomic E-state index is -1.17. The van der Waals surface area contributed by atoms with Crippen LogP contribution in [0.2, 0.25) is 0 Å². The van der Waals surface area contributed by atoms with Crippen LogP contribution in [0.1, 0.15) is 55.4 Å². The number of amides is 1. The Morgan fingerprint density at radius 3 is 2.29 bits per heavy atom. The zero-order valence-corrected chi connectivity index (χ0v) is 17.8. The summed E-state index contributed by atoms with van der Waals surface area (Å²) in [5, 5.41) is 0. The first-order chi connectivity index (χ1) is 12.7. The molecule has 0 radical (unpaired) electrons. The molecule has 2 saturated heterocycles. The van der Waals surface area contributed by atoms with Crippen molar-refractivity contribution in [3.63, 3.8) is 0 Å². The Bertz CT molecular complexity index is 624. The van der Waals surface area contributed by atoms with Crippen molar-refractivity contribution in [3.05, 3.63) is 0 Å². The number of hydrogen-bond donors (Lipinski definition) is 0. The summed E-state index contributed by atoms with van der Waals surface area (Å²) in [5.41, 5.74) is -1.65. The third kappa shape index (κ3) is 5.01. The molecule has 0 saturated carbocycles. The molecule has 2 rings (SSSR count).